The number of amides is 1. The molecule has 0 atom stereocenters. The number of hydrogen-bond acceptors (Lipinski definition) is 6. The fourth-order valence-corrected chi connectivity index (χ4v) is 2.69. The molecular formula is C17H15ClF3N5O3. The van der Waals surface area contributed by atoms with Crippen LogP contribution in [0.25, 0.3) is 10.9 Å². The molecule has 0 aromatic carbocycles. The van der Waals surface area contributed by atoms with Gasteiger partial charge in [-0.05, 0) is 12.1 Å². The normalized spacial score (nSPS) is 11.6. The molecule has 2 N–H and O–H groups in total. The van der Waals surface area contributed by atoms with Crippen LogP contribution in [0.1, 0.15) is 16.1 Å². The molecular weight excluding hydrogens is 415 g/mol. The molecule has 1 amide bonds. The minimum Gasteiger partial charge on any atom is -0.475 e. The van der Waals surface area contributed by atoms with Gasteiger partial charge in [-0.2, -0.15) is 18.3 Å². The van der Waals surface area contributed by atoms with E-state index in [2.05, 4.69) is 20.4 Å². The summed E-state index contributed by atoms with van der Waals surface area (Å²) < 4.78 is 44.8. The highest BCUT2D eigenvalue weighted by Gasteiger charge is 2.31. The molecule has 3 aromatic rings. The number of aliphatic hydroxyl groups excluding tert-OH is 1. The number of ether oxygens (including phenoxy) is 1. The third-order valence-electron chi connectivity index (χ3n) is 3.79. The third kappa shape index (κ3) is 4.93. The molecule has 154 valence electrons. The number of pyridine rings is 2. The molecule has 12 heteroatoms. The van der Waals surface area contributed by atoms with Crippen LogP contribution in [0.2, 0.25) is 5.02 Å². The zero-order valence-corrected chi connectivity index (χ0v) is 15.5. The number of carbonyl (C=O) groups excluding carboxylic acids is 1. The Morgan fingerprint density at radius 1 is 1.34 bits per heavy atom. The average molecular weight is 430 g/mol. The molecule has 0 fully saturated rings. The Kier molecular flexibility index (Phi) is 6.18. The second-order valence-corrected chi connectivity index (χ2v) is 6.23. The molecule has 3 aromatic heterocycles. The van der Waals surface area contributed by atoms with Crippen molar-refractivity contribution >= 4 is 28.4 Å². The summed E-state index contributed by atoms with van der Waals surface area (Å²) in [5.74, 6) is -0.566. The Morgan fingerprint density at radius 3 is 2.83 bits per heavy atom. The minimum absolute atomic E-state index is 0.0333. The number of hydrogen-bond donors (Lipinski definition) is 2. The van der Waals surface area contributed by atoms with Gasteiger partial charge in [-0.25, -0.2) is 4.98 Å². The van der Waals surface area contributed by atoms with Gasteiger partial charge in [0, 0.05) is 25.1 Å². The van der Waals surface area contributed by atoms with Crippen LogP contribution in [0.5, 0.6) is 5.88 Å². The molecule has 0 saturated carbocycles. The highest BCUT2D eigenvalue weighted by Crippen LogP contribution is 2.33. The molecule has 0 saturated heterocycles. The molecule has 3 heterocycles. The van der Waals surface area contributed by atoms with E-state index in [0.29, 0.717) is 17.1 Å². The van der Waals surface area contributed by atoms with E-state index in [9.17, 15) is 18.0 Å². The van der Waals surface area contributed by atoms with Gasteiger partial charge in [0.2, 0.25) is 5.88 Å². The summed E-state index contributed by atoms with van der Waals surface area (Å²) in [5.41, 5.74) is -0.275. The van der Waals surface area contributed by atoms with Crippen molar-refractivity contribution in [2.45, 2.75) is 12.7 Å². The summed E-state index contributed by atoms with van der Waals surface area (Å²) in [4.78, 5) is 19.8. The van der Waals surface area contributed by atoms with Crippen LogP contribution in [0.4, 0.5) is 13.2 Å². The molecule has 0 bridgehead atoms. The monoisotopic (exact) mass is 429 g/mol. The number of fused-ring (bicyclic) bond motifs is 1. The molecule has 3 rings (SSSR count). The molecule has 8 nitrogen and oxygen atoms in total. The maximum Gasteiger partial charge on any atom is 0.417 e. The van der Waals surface area contributed by atoms with Gasteiger partial charge in [0.25, 0.3) is 5.91 Å². The molecule has 29 heavy (non-hydrogen) atoms. The largest absolute Gasteiger partial charge is 0.475 e. The second-order valence-electron chi connectivity index (χ2n) is 5.82. The van der Waals surface area contributed by atoms with Gasteiger partial charge >= 0.3 is 6.18 Å². The Bertz CT molecular complexity index is 1030. The van der Waals surface area contributed by atoms with E-state index in [1.165, 1.54) is 10.9 Å². The fourth-order valence-electron chi connectivity index (χ4n) is 2.46. The fraction of sp³-hybridized carbons (Fsp3) is 0.294. The molecule has 0 unspecified atom stereocenters. The lowest BCUT2D eigenvalue weighted by Gasteiger charge is -2.10. The Morgan fingerprint density at radius 2 is 2.14 bits per heavy atom. The van der Waals surface area contributed by atoms with Crippen molar-refractivity contribution in [1.82, 2.24) is 25.1 Å². The van der Waals surface area contributed by atoms with Crippen LogP contribution in [-0.2, 0) is 12.7 Å². The van der Waals surface area contributed by atoms with E-state index < -0.39 is 17.6 Å². The van der Waals surface area contributed by atoms with Crippen LogP contribution in [-0.4, -0.2) is 50.5 Å². The molecule has 0 radical (unpaired) electrons. The van der Waals surface area contributed by atoms with E-state index in [1.54, 1.807) is 12.3 Å². The smallest absolute Gasteiger partial charge is 0.417 e. The highest BCUT2D eigenvalue weighted by molar-refractivity contribution is 6.31. The standard InChI is InChI=1S/C17H15ClF3N5O3/c18-12-7-10(17(19,20)21)8-24-16(12)29-6-4-26-9-11-13(25-26)1-2-22-14(11)15(28)23-3-5-27/h1-2,7-9,27H,3-6H2,(H,23,28). The molecule has 0 aliphatic heterocycles. The van der Waals surface area contributed by atoms with Crippen molar-refractivity contribution in [3.8, 4) is 5.88 Å². The first kappa shape index (κ1) is 20.8. The molecule has 0 aliphatic rings. The lowest BCUT2D eigenvalue weighted by molar-refractivity contribution is -0.137. The summed E-state index contributed by atoms with van der Waals surface area (Å²) in [5, 5.41) is 15.9. The Hall–Kier alpha value is -2.92. The van der Waals surface area contributed by atoms with Crippen LogP contribution in [0, 0.1) is 0 Å². The Labute approximate surface area is 167 Å². The van der Waals surface area contributed by atoms with Gasteiger partial charge in [-0.3, -0.25) is 14.5 Å². The topological polar surface area (TPSA) is 102 Å². The minimum atomic E-state index is -4.54. The van der Waals surface area contributed by atoms with Gasteiger partial charge in [-0.15, -0.1) is 0 Å². The lowest BCUT2D eigenvalue weighted by Crippen LogP contribution is -2.27. The van der Waals surface area contributed by atoms with Gasteiger partial charge in [0.1, 0.15) is 17.3 Å². The number of nitrogens with zero attached hydrogens (tertiary/aromatic N) is 4. The van der Waals surface area contributed by atoms with Crippen LogP contribution < -0.4 is 10.1 Å². The van der Waals surface area contributed by atoms with E-state index in [4.69, 9.17) is 21.4 Å². The highest BCUT2D eigenvalue weighted by atomic mass is 35.5. The summed E-state index contributed by atoms with van der Waals surface area (Å²) in [6.45, 7) is 0.162. The number of aromatic nitrogens is 4. The van der Waals surface area contributed by atoms with Gasteiger partial charge in [0.05, 0.1) is 29.6 Å². The predicted molar refractivity (Wildman–Crippen MR) is 96.7 cm³/mol. The van der Waals surface area contributed by atoms with Crippen LogP contribution in [0.3, 0.4) is 0 Å². The van der Waals surface area contributed by atoms with E-state index in [1.807, 2.05) is 0 Å². The average Bonchev–Trinajstić information content (AvgIpc) is 3.09. The van der Waals surface area contributed by atoms with Crippen LogP contribution in [0.15, 0.2) is 30.7 Å². The first-order chi connectivity index (χ1) is 13.8. The number of halogens is 4. The van der Waals surface area contributed by atoms with Crippen molar-refractivity contribution in [3.63, 3.8) is 0 Å². The number of aliphatic hydroxyl groups is 1. The van der Waals surface area contributed by atoms with Crippen LogP contribution >= 0.6 is 11.6 Å². The lowest BCUT2D eigenvalue weighted by atomic mass is 10.2. The van der Waals surface area contributed by atoms with Crippen molar-refractivity contribution < 1.29 is 27.8 Å². The number of nitrogens with one attached hydrogen (secondary N) is 1. The molecule has 0 aliphatic carbocycles. The Balaban J connectivity index is 1.68. The quantitative estimate of drug-likeness (QED) is 0.597. The number of alkyl halides is 3. The maximum atomic E-state index is 12.6. The van der Waals surface area contributed by atoms with Crippen molar-refractivity contribution in [3.05, 3.63) is 47.0 Å². The third-order valence-corrected chi connectivity index (χ3v) is 4.06. The van der Waals surface area contributed by atoms with Gasteiger partial charge < -0.3 is 15.2 Å². The predicted octanol–water partition coefficient (Wildman–Crippen LogP) is 2.30. The summed E-state index contributed by atoms with van der Waals surface area (Å²) >= 11 is 5.80. The van der Waals surface area contributed by atoms with Gasteiger partial charge in [0.15, 0.2) is 0 Å². The molecule has 0 spiro atoms. The first-order valence-electron chi connectivity index (χ1n) is 8.36. The SMILES string of the molecule is O=C(NCCO)c1nccc2nn(CCOc3ncc(C(F)(F)F)cc3Cl)cc12. The second kappa shape index (κ2) is 8.62. The number of rotatable bonds is 7. The summed E-state index contributed by atoms with van der Waals surface area (Å²) in [6.07, 6.45) is -0.858. The summed E-state index contributed by atoms with van der Waals surface area (Å²) in [7, 11) is 0. The van der Waals surface area contributed by atoms with E-state index >= 15 is 0 Å². The van der Waals surface area contributed by atoms with Crippen molar-refractivity contribution in [2.75, 3.05) is 19.8 Å². The van der Waals surface area contributed by atoms with E-state index in [0.717, 1.165) is 6.07 Å². The maximum absolute atomic E-state index is 12.6. The van der Waals surface area contributed by atoms with Crippen molar-refractivity contribution in [2.24, 2.45) is 0 Å². The van der Waals surface area contributed by atoms with E-state index in [-0.39, 0.29) is 42.9 Å². The summed E-state index contributed by atoms with van der Waals surface area (Å²) in [6, 6.07) is 2.37. The zero-order valence-electron chi connectivity index (χ0n) is 14.8. The number of carbonyl (C=O) groups is 1. The zero-order chi connectivity index (χ0) is 21.0. The van der Waals surface area contributed by atoms with Gasteiger partial charge in [-0.1, -0.05) is 11.6 Å². The first-order valence-corrected chi connectivity index (χ1v) is 8.74. The van der Waals surface area contributed by atoms with Crippen molar-refractivity contribution in [1.29, 1.82) is 0 Å².